The summed E-state index contributed by atoms with van der Waals surface area (Å²) >= 11 is 0. The summed E-state index contributed by atoms with van der Waals surface area (Å²) in [5, 5.41) is 8.82. The van der Waals surface area contributed by atoms with Crippen molar-refractivity contribution in [1.82, 2.24) is 0 Å². The van der Waals surface area contributed by atoms with Gasteiger partial charge in [-0.15, -0.1) is 0 Å². The number of ether oxygens (including phenoxy) is 4. The Morgan fingerprint density at radius 3 is 1.68 bits per heavy atom. The Morgan fingerprint density at radius 2 is 1.23 bits per heavy atom. The van der Waals surface area contributed by atoms with Gasteiger partial charge >= 0.3 is 5.97 Å². The highest BCUT2D eigenvalue weighted by Gasteiger charge is 2.37. The Kier molecular flexibility index (Phi) is 7.65. The van der Waals surface area contributed by atoms with Gasteiger partial charge in [-0.1, -0.05) is 54.6 Å². The lowest BCUT2D eigenvalue weighted by Gasteiger charge is -2.36. The van der Waals surface area contributed by atoms with Crippen molar-refractivity contribution in [2.45, 2.75) is 5.60 Å². The molecule has 6 heteroatoms. The third-order valence-electron chi connectivity index (χ3n) is 4.95. The molecule has 0 unspecified atom stereocenters. The van der Waals surface area contributed by atoms with Gasteiger partial charge in [-0.2, -0.15) is 0 Å². The second-order valence-corrected chi connectivity index (χ2v) is 6.80. The number of carboxylic acid groups (broad SMARTS) is 1. The van der Waals surface area contributed by atoms with Gasteiger partial charge in [-0.3, -0.25) is 0 Å². The van der Waals surface area contributed by atoms with E-state index >= 15 is 0 Å². The molecule has 0 aliphatic heterocycles. The Bertz CT molecular complexity index is 904. The van der Waals surface area contributed by atoms with E-state index < -0.39 is 11.6 Å². The minimum Gasteiger partial charge on any atom is -0.497 e. The van der Waals surface area contributed by atoms with Gasteiger partial charge in [0.1, 0.15) is 23.7 Å². The van der Waals surface area contributed by atoms with Gasteiger partial charge in [0, 0.05) is 0 Å². The normalized spacial score (nSPS) is 11.2. The molecule has 0 saturated heterocycles. The molecule has 3 aromatic rings. The minimum absolute atomic E-state index is 0.146. The van der Waals surface area contributed by atoms with Crippen LogP contribution in [0.1, 0.15) is 16.7 Å². The van der Waals surface area contributed by atoms with Crippen LogP contribution in [0.15, 0.2) is 78.9 Å². The number of aliphatic carboxylic acids is 1. The smallest absolute Gasteiger partial charge is 0.329 e. The Labute approximate surface area is 182 Å². The molecule has 0 aromatic heterocycles. The fraction of sp³-hybridized carbons (Fsp3) is 0.240. The van der Waals surface area contributed by atoms with Gasteiger partial charge in [0.05, 0.1) is 27.4 Å². The average Bonchev–Trinajstić information content (AvgIpc) is 2.82. The van der Waals surface area contributed by atoms with Gasteiger partial charge in [0.2, 0.25) is 0 Å². The van der Waals surface area contributed by atoms with Crippen molar-refractivity contribution in [2.75, 3.05) is 34.0 Å². The molecule has 3 aromatic carbocycles. The standard InChI is InChI=1S/C25H26O6/c1-28-22-12-8-20(9-13-22)25(19-6-4-3-5-7-19,31-17-16-30-18-24(26)27)21-10-14-23(29-2)15-11-21/h3-15H,16-18H2,1-2H3,(H,26,27). The predicted molar refractivity (Wildman–Crippen MR) is 117 cm³/mol. The summed E-state index contributed by atoms with van der Waals surface area (Å²) in [5.74, 6) is 0.468. The molecule has 0 aliphatic rings. The van der Waals surface area contributed by atoms with E-state index in [0.29, 0.717) is 0 Å². The lowest BCUT2D eigenvalue weighted by molar-refractivity contribution is -0.143. The van der Waals surface area contributed by atoms with Crippen molar-refractivity contribution in [3.8, 4) is 11.5 Å². The highest BCUT2D eigenvalue weighted by atomic mass is 16.5. The van der Waals surface area contributed by atoms with Gasteiger partial charge in [-0.25, -0.2) is 4.79 Å². The summed E-state index contributed by atoms with van der Waals surface area (Å²) in [4.78, 5) is 10.8. The molecule has 0 atom stereocenters. The molecule has 6 nitrogen and oxygen atoms in total. The van der Waals surface area contributed by atoms with Crippen LogP contribution < -0.4 is 9.47 Å². The van der Waals surface area contributed by atoms with E-state index in [1.807, 2.05) is 78.9 Å². The maximum absolute atomic E-state index is 10.8. The number of methoxy groups -OCH3 is 2. The van der Waals surface area contributed by atoms with Gasteiger partial charge < -0.3 is 24.1 Å². The van der Waals surface area contributed by atoms with Crippen molar-refractivity contribution in [3.05, 3.63) is 95.6 Å². The van der Waals surface area contributed by atoms with E-state index in [0.717, 1.165) is 28.2 Å². The molecule has 0 saturated carbocycles. The molecule has 0 fully saturated rings. The second kappa shape index (κ2) is 10.6. The Balaban J connectivity index is 2.08. The summed E-state index contributed by atoms with van der Waals surface area (Å²) in [6.07, 6.45) is 0. The topological polar surface area (TPSA) is 74.2 Å². The predicted octanol–water partition coefficient (Wildman–Crippen LogP) is 4.11. The van der Waals surface area contributed by atoms with Crippen LogP contribution in [0.5, 0.6) is 11.5 Å². The summed E-state index contributed by atoms with van der Waals surface area (Å²) < 4.78 is 22.4. The average molecular weight is 422 g/mol. The first-order valence-corrected chi connectivity index (χ1v) is 9.88. The van der Waals surface area contributed by atoms with Crippen molar-refractivity contribution in [2.24, 2.45) is 0 Å². The third kappa shape index (κ3) is 5.23. The number of carboxylic acids is 1. The summed E-state index contributed by atoms with van der Waals surface area (Å²) in [5.41, 5.74) is 1.81. The number of carbonyl (C=O) groups is 1. The maximum Gasteiger partial charge on any atom is 0.329 e. The molecule has 1 N–H and O–H groups in total. The lowest BCUT2D eigenvalue weighted by atomic mass is 9.80. The van der Waals surface area contributed by atoms with Crippen LogP contribution in [0, 0.1) is 0 Å². The maximum atomic E-state index is 10.8. The molecule has 0 radical (unpaired) electrons. The van der Waals surface area contributed by atoms with E-state index in [1.165, 1.54) is 0 Å². The highest BCUT2D eigenvalue weighted by molar-refractivity contribution is 5.68. The van der Waals surface area contributed by atoms with E-state index in [4.69, 9.17) is 24.1 Å². The van der Waals surface area contributed by atoms with E-state index in [-0.39, 0.29) is 19.8 Å². The van der Waals surface area contributed by atoms with E-state index in [9.17, 15) is 4.79 Å². The molecule has 0 bridgehead atoms. The largest absolute Gasteiger partial charge is 0.497 e. The zero-order chi connectivity index (χ0) is 22.1. The molecule has 31 heavy (non-hydrogen) atoms. The van der Waals surface area contributed by atoms with Crippen LogP contribution in [0.2, 0.25) is 0 Å². The van der Waals surface area contributed by atoms with Gasteiger partial charge in [0.25, 0.3) is 0 Å². The van der Waals surface area contributed by atoms with Crippen LogP contribution in [-0.4, -0.2) is 45.1 Å². The summed E-state index contributed by atoms with van der Waals surface area (Å²) in [7, 11) is 3.25. The third-order valence-corrected chi connectivity index (χ3v) is 4.95. The van der Waals surface area contributed by atoms with Crippen molar-refractivity contribution in [3.63, 3.8) is 0 Å². The van der Waals surface area contributed by atoms with E-state index in [2.05, 4.69) is 0 Å². The number of rotatable bonds is 11. The highest BCUT2D eigenvalue weighted by Crippen LogP contribution is 2.41. The summed E-state index contributed by atoms with van der Waals surface area (Å²) in [6.45, 7) is -0.0276. The molecular weight excluding hydrogens is 396 g/mol. The first-order chi connectivity index (χ1) is 15.1. The molecule has 0 amide bonds. The lowest BCUT2D eigenvalue weighted by Crippen LogP contribution is -2.34. The van der Waals surface area contributed by atoms with Crippen LogP contribution in [0.3, 0.4) is 0 Å². The van der Waals surface area contributed by atoms with Crippen LogP contribution >= 0.6 is 0 Å². The van der Waals surface area contributed by atoms with Crippen LogP contribution in [0.25, 0.3) is 0 Å². The zero-order valence-electron chi connectivity index (χ0n) is 17.6. The molecular formula is C25H26O6. The molecule has 0 aliphatic carbocycles. The minimum atomic E-state index is -1.01. The Hall–Kier alpha value is -3.35. The van der Waals surface area contributed by atoms with Gasteiger partial charge in [0.15, 0.2) is 0 Å². The van der Waals surface area contributed by atoms with Crippen LogP contribution in [-0.2, 0) is 19.9 Å². The molecule has 162 valence electrons. The number of hydrogen-bond acceptors (Lipinski definition) is 5. The fourth-order valence-electron chi connectivity index (χ4n) is 3.49. The quantitative estimate of drug-likeness (QED) is 0.370. The second-order valence-electron chi connectivity index (χ2n) is 6.80. The van der Waals surface area contributed by atoms with Crippen molar-refractivity contribution < 1.29 is 28.8 Å². The molecule has 0 heterocycles. The van der Waals surface area contributed by atoms with Gasteiger partial charge in [-0.05, 0) is 41.0 Å². The van der Waals surface area contributed by atoms with E-state index in [1.54, 1.807) is 14.2 Å². The molecule has 3 rings (SSSR count). The number of benzene rings is 3. The van der Waals surface area contributed by atoms with Crippen molar-refractivity contribution >= 4 is 5.97 Å². The summed E-state index contributed by atoms with van der Waals surface area (Å²) in [6, 6.07) is 25.3. The van der Waals surface area contributed by atoms with Crippen molar-refractivity contribution in [1.29, 1.82) is 0 Å². The number of hydrogen-bond donors (Lipinski definition) is 1. The zero-order valence-corrected chi connectivity index (χ0v) is 17.6. The SMILES string of the molecule is COc1ccc(C(OCCOCC(=O)O)(c2ccccc2)c2ccc(OC)cc2)cc1. The fourth-order valence-corrected chi connectivity index (χ4v) is 3.49. The Morgan fingerprint density at radius 1 is 0.742 bits per heavy atom. The monoisotopic (exact) mass is 422 g/mol. The first-order valence-electron chi connectivity index (χ1n) is 9.88. The molecule has 0 spiro atoms. The first kappa shape index (κ1) is 22.3. The van der Waals surface area contributed by atoms with Crippen LogP contribution in [0.4, 0.5) is 0 Å².